The van der Waals surface area contributed by atoms with Crippen molar-refractivity contribution in [1.29, 1.82) is 0 Å². The van der Waals surface area contributed by atoms with Gasteiger partial charge in [0.15, 0.2) is 5.11 Å². The van der Waals surface area contributed by atoms with Crippen molar-refractivity contribution in [2.24, 2.45) is 0 Å². The van der Waals surface area contributed by atoms with Gasteiger partial charge in [0, 0.05) is 16.9 Å². The van der Waals surface area contributed by atoms with Crippen LogP contribution in [-0.4, -0.2) is 19.4 Å². The van der Waals surface area contributed by atoms with E-state index in [-0.39, 0.29) is 10.0 Å². The Morgan fingerprint density at radius 1 is 0.724 bits per heavy atom. The lowest BCUT2D eigenvalue weighted by atomic mass is 10.2. The second-order valence-corrected chi connectivity index (χ2v) is 7.99. The molecule has 3 rings (SSSR count). The third kappa shape index (κ3) is 5.77. The first-order chi connectivity index (χ1) is 13.9. The Labute approximate surface area is 174 Å². The number of benzene rings is 3. The van der Waals surface area contributed by atoms with E-state index in [1.165, 1.54) is 36.4 Å². The molecule has 0 spiro atoms. The van der Waals surface area contributed by atoms with Gasteiger partial charge in [-0.2, -0.15) is 0 Å². The predicted molar refractivity (Wildman–Crippen MR) is 117 cm³/mol. The number of hydrogen-bond donors (Lipinski definition) is 4. The maximum atomic E-state index is 12.3. The van der Waals surface area contributed by atoms with Crippen molar-refractivity contribution in [3.8, 4) is 0 Å². The van der Waals surface area contributed by atoms with Crippen molar-refractivity contribution in [2.75, 3.05) is 10.0 Å². The molecule has 4 N–H and O–H groups in total. The molecule has 0 radical (unpaired) electrons. The highest BCUT2D eigenvalue weighted by atomic mass is 32.2. The van der Waals surface area contributed by atoms with Crippen LogP contribution >= 0.6 is 12.2 Å². The van der Waals surface area contributed by atoms with E-state index in [4.69, 9.17) is 12.2 Å². The van der Waals surface area contributed by atoms with Crippen molar-refractivity contribution in [2.45, 2.75) is 4.90 Å². The monoisotopic (exact) mass is 426 g/mol. The van der Waals surface area contributed by atoms with E-state index in [1.807, 2.05) is 30.3 Å². The summed E-state index contributed by atoms with van der Waals surface area (Å²) in [6.45, 7) is 0. The molecule has 0 aliphatic heterocycles. The number of anilines is 2. The predicted octanol–water partition coefficient (Wildman–Crippen LogP) is 3.12. The molecule has 148 valence electrons. The summed E-state index contributed by atoms with van der Waals surface area (Å²) in [4.78, 5) is 12.4. The van der Waals surface area contributed by atoms with Gasteiger partial charge in [0.05, 0.1) is 4.90 Å². The number of hydrazine groups is 1. The third-order valence-corrected chi connectivity index (χ3v) is 5.38. The normalized spacial score (nSPS) is 10.6. The molecule has 0 unspecified atom stereocenters. The molecular formula is C20H18N4O3S2. The highest BCUT2D eigenvalue weighted by molar-refractivity contribution is 7.92. The molecule has 0 atom stereocenters. The van der Waals surface area contributed by atoms with Gasteiger partial charge in [0.1, 0.15) is 0 Å². The fourth-order valence-electron chi connectivity index (χ4n) is 2.37. The Balaban J connectivity index is 1.55. The Morgan fingerprint density at radius 2 is 1.31 bits per heavy atom. The topological polar surface area (TPSA) is 99.3 Å². The van der Waals surface area contributed by atoms with Gasteiger partial charge in [0.2, 0.25) is 0 Å². The van der Waals surface area contributed by atoms with Gasteiger partial charge in [-0.3, -0.25) is 20.4 Å². The van der Waals surface area contributed by atoms with Crippen LogP contribution < -0.4 is 20.9 Å². The lowest BCUT2D eigenvalue weighted by Crippen LogP contribution is -2.43. The van der Waals surface area contributed by atoms with E-state index < -0.39 is 15.9 Å². The van der Waals surface area contributed by atoms with Gasteiger partial charge in [-0.05, 0) is 60.7 Å². The molecule has 0 saturated carbocycles. The van der Waals surface area contributed by atoms with E-state index in [0.29, 0.717) is 11.3 Å². The zero-order chi connectivity index (χ0) is 20.7. The molecular weight excluding hydrogens is 408 g/mol. The number of sulfonamides is 1. The first-order valence-electron chi connectivity index (χ1n) is 8.54. The van der Waals surface area contributed by atoms with E-state index in [2.05, 4.69) is 20.9 Å². The van der Waals surface area contributed by atoms with E-state index in [9.17, 15) is 13.2 Å². The summed E-state index contributed by atoms with van der Waals surface area (Å²) in [5.74, 6) is -0.417. The summed E-state index contributed by atoms with van der Waals surface area (Å²) in [6, 6.07) is 23.3. The molecule has 3 aromatic rings. The van der Waals surface area contributed by atoms with Crippen LogP contribution in [0.4, 0.5) is 11.4 Å². The van der Waals surface area contributed by atoms with Crippen molar-refractivity contribution in [3.05, 3.63) is 90.5 Å². The highest BCUT2D eigenvalue weighted by Gasteiger charge is 2.14. The number of rotatable bonds is 5. The van der Waals surface area contributed by atoms with Gasteiger partial charge in [-0.15, -0.1) is 0 Å². The fourth-order valence-corrected chi connectivity index (χ4v) is 3.62. The summed E-state index contributed by atoms with van der Waals surface area (Å²) in [5, 5.41) is 3.16. The molecule has 0 bridgehead atoms. The van der Waals surface area contributed by atoms with Gasteiger partial charge in [-0.1, -0.05) is 36.4 Å². The lowest BCUT2D eigenvalue weighted by molar-refractivity contribution is 0.0944. The summed E-state index contributed by atoms with van der Waals surface area (Å²) < 4.78 is 27.1. The first-order valence-corrected chi connectivity index (χ1v) is 10.4. The van der Waals surface area contributed by atoms with Crippen LogP contribution in [0.2, 0.25) is 0 Å². The van der Waals surface area contributed by atoms with Crippen LogP contribution in [0, 0.1) is 0 Å². The quantitative estimate of drug-likeness (QED) is 0.370. The molecule has 3 aromatic carbocycles. The average Bonchev–Trinajstić information content (AvgIpc) is 2.74. The minimum atomic E-state index is -3.69. The molecule has 9 heteroatoms. The van der Waals surface area contributed by atoms with Gasteiger partial charge >= 0.3 is 0 Å². The SMILES string of the molecule is O=C(NNC(=S)Nc1ccccc1)c1ccc(NS(=O)(=O)c2ccccc2)cc1. The molecule has 0 aliphatic carbocycles. The van der Waals surface area contributed by atoms with Crippen molar-refractivity contribution in [1.82, 2.24) is 10.9 Å². The number of hydrogen-bond acceptors (Lipinski definition) is 4. The second kappa shape index (κ2) is 9.18. The maximum absolute atomic E-state index is 12.3. The molecule has 0 heterocycles. The summed E-state index contributed by atoms with van der Waals surface area (Å²) in [6.07, 6.45) is 0. The van der Waals surface area contributed by atoms with Crippen LogP contribution in [0.15, 0.2) is 89.8 Å². The molecule has 7 nitrogen and oxygen atoms in total. The number of thiocarbonyl (C=S) groups is 1. The number of amides is 1. The summed E-state index contributed by atoms with van der Waals surface area (Å²) >= 11 is 5.12. The molecule has 0 aliphatic rings. The van der Waals surface area contributed by atoms with Gasteiger partial charge < -0.3 is 5.32 Å². The lowest BCUT2D eigenvalue weighted by Gasteiger charge is -2.12. The standard InChI is InChI=1S/C20H18N4O3S2/c25-19(22-23-20(28)21-16-7-3-1-4-8-16)15-11-13-17(14-12-15)24-29(26,27)18-9-5-2-6-10-18/h1-14,24H,(H,22,25)(H2,21,23,28). The number of carbonyl (C=O) groups excluding carboxylic acids is 1. The smallest absolute Gasteiger partial charge is 0.269 e. The molecule has 1 amide bonds. The minimum Gasteiger partial charge on any atom is -0.331 e. The number of para-hydroxylation sites is 1. The zero-order valence-corrected chi connectivity index (χ0v) is 16.8. The second-order valence-electron chi connectivity index (χ2n) is 5.90. The van der Waals surface area contributed by atoms with Gasteiger partial charge in [0.25, 0.3) is 15.9 Å². The zero-order valence-electron chi connectivity index (χ0n) is 15.1. The van der Waals surface area contributed by atoms with E-state index in [1.54, 1.807) is 18.2 Å². The van der Waals surface area contributed by atoms with Crippen LogP contribution in [0.25, 0.3) is 0 Å². The number of nitrogens with one attached hydrogen (secondary N) is 4. The van der Waals surface area contributed by atoms with Gasteiger partial charge in [-0.25, -0.2) is 8.42 Å². The summed E-state index contributed by atoms with van der Waals surface area (Å²) in [5.41, 5.74) is 6.56. The van der Waals surface area contributed by atoms with Crippen molar-refractivity contribution >= 4 is 44.6 Å². The van der Waals surface area contributed by atoms with Crippen LogP contribution in [0.5, 0.6) is 0 Å². The highest BCUT2D eigenvalue weighted by Crippen LogP contribution is 2.16. The Hall–Kier alpha value is -3.43. The average molecular weight is 427 g/mol. The molecule has 0 fully saturated rings. The first kappa shape index (κ1) is 20.3. The molecule has 29 heavy (non-hydrogen) atoms. The third-order valence-electron chi connectivity index (χ3n) is 3.77. The van der Waals surface area contributed by atoms with Crippen molar-refractivity contribution < 1.29 is 13.2 Å². The fraction of sp³-hybridized carbons (Fsp3) is 0. The largest absolute Gasteiger partial charge is 0.331 e. The van der Waals surface area contributed by atoms with E-state index in [0.717, 1.165) is 5.69 Å². The Kier molecular flexibility index (Phi) is 6.43. The Morgan fingerprint density at radius 3 is 1.93 bits per heavy atom. The van der Waals surface area contributed by atoms with Crippen LogP contribution in [0.1, 0.15) is 10.4 Å². The molecule has 0 aromatic heterocycles. The minimum absolute atomic E-state index is 0.158. The van der Waals surface area contributed by atoms with Crippen molar-refractivity contribution in [3.63, 3.8) is 0 Å². The van der Waals surface area contributed by atoms with Crippen LogP contribution in [-0.2, 0) is 10.0 Å². The maximum Gasteiger partial charge on any atom is 0.269 e. The number of carbonyl (C=O) groups is 1. The Bertz CT molecular complexity index is 1090. The van der Waals surface area contributed by atoms with Crippen LogP contribution in [0.3, 0.4) is 0 Å². The van der Waals surface area contributed by atoms with E-state index >= 15 is 0 Å². The molecule has 0 saturated heterocycles. The summed E-state index contributed by atoms with van der Waals surface area (Å²) in [7, 11) is -3.69.